The number of amides is 1. The van der Waals surface area contributed by atoms with Gasteiger partial charge in [-0.05, 0) is 56.9 Å². The van der Waals surface area contributed by atoms with Crippen molar-refractivity contribution < 1.29 is 4.79 Å². The van der Waals surface area contributed by atoms with Crippen LogP contribution in [0.4, 0.5) is 11.4 Å². The Hall–Kier alpha value is -2.41. The molecule has 1 fully saturated rings. The summed E-state index contributed by atoms with van der Waals surface area (Å²) in [4.78, 5) is 21.7. The number of hydrogen-bond acceptors (Lipinski definition) is 5. The predicted molar refractivity (Wildman–Crippen MR) is 121 cm³/mol. The molecule has 0 saturated carbocycles. The van der Waals surface area contributed by atoms with Crippen LogP contribution in [0.15, 0.2) is 53.9 Å². The Morgan fingerprint density at radius 3 is 2.72 bits per heavy atom. The molecule has 0 aliphatic carbocycles. The third kappa shape index (κ3) is 4.61. The summed E-state index contributed by atoms with van der Waals surface area (Å²) in [5, 5.41) is 6.13. The fourth-order valence-corrected chi connectivity index (χ4v) is 4.47. The number of carbonyl (C=O) groups excluding carboxylic acids is 1. The molecule has 2 heterocycles. The molecule has 1 aromatic heterocycles. The van der Waals surface area contributed by atoms with Crippen LogP contribution in [0.2, 0.25) is 5.02 Å². The average molecular weight is 427 g/mol. The number of halogens is 1. The van der Waals surface area contributed by atoms with E-state index >= 15 is 0 Å². The number of carbonyl (C=O) groups is 1. The van der Waals surface area contributed by atoms with Crippen molar-refractivity contribution in [1.82, 2.24) is 9.88 Å². The van der Waals surface area contributed by atoms with Crippen LogP contribution in [0.5, 0.6) is 0 Å². The van der Waals surface area contributed by atoms with Crippen molar-refractivity contribution in [1.29, 1.82) is 0 Å². The van der Waals surface area contributed by atoms with Crippen molar-refractivity contribution in [2.45, 2.75) is 12.5 Å². The van der Waals surface area contributed by atoms with E-state index in [0.29, 0.717) is 16.8 Å². The topological polar surface area (TPSA) is 48.5 Å². The Kier molecular flexibility index (Phi) is 5.85. The normalized spacial score (nSPS) is 16.4. The van der Waals surface area contributed by atoms with Gasteiger partial charge in [0.25, 0.3) is 5.91 Å². The van der Waals surface area contributed by atoms with Crippen LogP contribution in [0.1, 0.15) is 16.9 Å². The summed E-state index contributed by atoms with van der Waals surface area (Å²) in [6, 6.07) is 16.1. The monoisotopic (exact) mass is 426 g/mol. The SMILES string of the molecule is CN(C)C1CCN(c2ccc(NC(=O)c3csc(-c4cccc(Cl)c4)n3)cc2)C1. The van der Waals surface area contributed by atoms with Gasteiger partial charge in [0.15, 0.2) is 0 Å². The maximum atomic E-state index is 12.6. The molecule has 1 saturated heterocycles. The first-order valence-corrected chi connectivity index (χ1v) is 10.8. The largest absolute Gasteiger partial charge is 0.370 e. The minimum Gasteiger partial charge on any atom is -0.370 e. The van der Waals surface area contributed by atoms with E-state index in [1.54, 1.807) is 5.38 Å². The summed E-state index contributed by atoms with van der Waals surface area (Å²) in [5.41, 5.74) is 3.26. The van der Waals surface area contributed by atoms with Crippen LogP contribution in [-0.2, 0) is 0 Å². The van der Waals surface area contributed by atoms with E-state index < -0.39 is 0 Å². The van der Waals surface area contributed by atoms with E-state index in [0.717, 1.165) is 29.3 Å². The molecule has 0 spiro atoms. The van der Waals surface area contributed by atoms with Gasteiger partial charge in [-0.2, -0.15) is 0 Å². The van der Waals surface area contributed by atoms with E-state index in [1.165, 1.54) is 23.4 Å². The standard InChI is InChI=1S/C22H23ClN4OS/c1-26(2)19-10-11-27(13-19)18-8-6-17(7-9-18)24-21(28)20-14-29-22(25-20)15-4-3-5-16(23)12-15/h3-9,12,14,19H,10-11,13H2,1-2H3,(H,24,28). The molecule has 1 unspecified atom stereocenters. The number of benzene rings is 2. The fraction of sp³-hybridized carbons (Fsp3) is 0.273. The molecular formula is C22H23ClN4OS. The number of aromatic nitrogens is 1. The van der Waals surface area contributed by atoms with Gasteiger partial charge in [-0.25, -0.2) is 4.98 Å². The van der Waals surface area contributed by atoms with Crippen LogP contribution < -0.4 is 10.2 Å². The molecule has 0 bridgehead atoms. The van der Waals surface area contributed by atoms with Gasteiger partial charge in [-0.1, -0.05) is 23.7 Å². The zero-order chi connectivity index (χ0) is 20.4. The third-order valence-corrected chi connectivity index (χ3v) is 6.32. The molecule has 5 nitrogen and oxygen atoms in total. The van der Waals surface area contributed by atoms with Gasteiger partial charge >= 0.3 is 0 Å². The van der Waals surface area contributed by atoms with E-state index in [4.69, 9.17) is 11.6 Å². The number of hydrogen-bond donors (Lipinski definition) is 1. The number of thiazole rings is 1. The molecule has 29 heavy (non-hydrogen) atoms. The first-order valence-electron chi connectivity index (χ1n) is 9.54. The van der Waals surface area contributed by atoms with Crippen molar-refractivity contribution in [2.24, 2.45) is 0 Å². The first-order chi connectivity index (χ1) is 14.0. The molecule has 150 valence electrons. The first kappa shape index (κ1) is 19.9. The summed E-state index contributed by atoms with van der Waals surface area (Å²) in [7, 11) is 4.26. The maximum Gasteiger partial charge on any atom is 0.275 e. The molecule has 1 N–H and O–H groups in total. The lowest BCUT2D eigenvalue weighted by Crippen LogP contribution is -2.31. The van der Waals surface area contributed by atoms with Gasteiger partial charge in [0.1, 0.15) is 10.7 Å². The van der Waals surface area contributed by atoms with Gasteiger partial charge < -0.3 is 15.1 Å². The zero-order valence-electron chi connectivity index (χ0n) is 16.4. The Morgan fingerprint density at radius 1 is 1.24 bits per heavy atom. The Morgan fingerprint density at radius 2 is 2.03 bits per heavy atom. The van der Waals surface area contributed by atoms with E-state index in [2.05, 4.69) is 46.3 Å². The minimum atomic E-state index is -0.212. The van der Waals surface area contributed by atoms with E-state index in [-0.39, 0.29) is 5.91 Å². The molecule has 1 aliphatic heterocycles. The molecule has 2 aromatic carbocycles. The highest BCUT2D eigenvalue weighted by molar-refractivity contribution is 7.13. The van der Waals surface area contributed by atoms with Crippen molar-refractivity contribution in [3.8, 4) is 10.6 Å². The van der Waals surface area contributed by atoms with Crippen molar-refractivity contribution >= 4 is 40.2 Å². The summed E-state index contributed by atoms with van der Waals surface area (Å²) in [6.07, 6.45) is 1.17. The highest BCUT2D eigenvalue weighted by Gasteiger charge is 2.24. The lowest BCUT2D eigenvalue weighted by atomic mass is 10.2. The molecule has 3 aromatic rings. The Balaban J connectivity index is 1.40. The van der Waals surface area contributed by atoms with Crippen LogP contribution >= 0.6 is 22.9 Å². The Labute approximate surface area is 179 Å². The molecule has 7 heteroatoms. The molecule has 0 radical (unpaired) electrons. The van der Waals surface area contributed by atoms with Gasteiger partial charge in [-0.3, -0.25) is 4.79 Å². The maximum absolute atomic E-state index is 12.6. The van der Waals surface area contributed by atoms with Crippen LogP contribution in [-0.4, -0.2) is 49.0 Å². The number of nitrogens with one attached hydrogen (secondary N) is 1. The van der Waals surface area contributed by atoms with Crippen LogP contribution in [0, 0.1) is 0 Å². The third-order valence-electron chi connectivity index (χ3n) is 5.19. The van der Waals surface area contributed by atoms with Gasteiger partial charge in [0.2, 0.25) is 0 Å². The Bertz CT molecular complexity index is 1000. The minimum absolute atomic E-state index is 0.212. The molecule has 4 rings (SSSR count). The molecule has 1 aliphatic rings. The number of nitrogens with zero attached hydrogens (tertiary/aromatic N) is 3. The quantitative estimate of drug-likeness (QED) is 0.633. The van der Waals surface area contributed by atoms with Crippen molar-refractivity contribution in [3.63, 3.8) is 0 Å². The zero-order valence-corrected chi connectivity index (χ0v) is 18.0. The van der Waals surface area contributed by atoms with Crippen LogP contribution in [0.3, 0.4) is 0 Å². The van der Waals surface area contributed by atoms with E-state index in [1.807, 2.05) is 36.4 Å². The molecule has 1 atom stereocenters. The molecular weight excluding hydrogens is 404 g/mol. The number of likely N-dealkylation sites (N-methyl/N-ethyl adjacent to an activating group) is 1. The van der Waals surface area contributed by atoms with Crippen molar-refractivity contribution in [3.05, 3.63) is 64.6 Å². The fourth-order valence-electron chi connectivity index (χ4n) is 3.48. The second-order valence-corrected chi connectivity index (χ2v) is 8.70. The highest BCUT2D eigenvalue weighted by atomic mass is 35.5. The highest BCUT2D eigenvalue weighted by Crippen LogP contribution is 2.27. The number of anilines is 2. The second kappa shape index (κ2) is 8.53. The summed E-state index contributed by atoms with van der Waals surface area (Å²) >= 11 is 7.48. The summed E-state index contributed by atoms with van der Waals surface area (Å²) in [5.74, 6) is -0.212. The van der Waals surface area contributed by atoms with Crippen LogP contribution in [0.25, 0.3) is 10.6 Å². The predicted octanol–water partition coefficient (Wildman–Crippen LogP) is 4.86. The summed E-state index contributed by atoms with van der Waals surface area (Å²) in [6.45, 7) is 2.09. The smallest absolute Gasteiger partial charge is 0.275 e. The summed E-state index contributed by atoms with van der Waals surface area (Å²) < 4.78 is 0. The average Bonchev–Trinajstić information content (AvgIpc) is 3.39. The van der Waals surface area contributed by atoms with Crippen molar-refractivity contribution in [2.75, 3.05) is 37.4 Å². The van der Waals surface area contributed by atoms with Gasteiger partial charge in [0, 0.05) is 46.5 Å². The lowest BCUT2D eigenvalue weighted by molar-refractivity contribution is 0.102. The molecule has 1 amide bonds. The van der Waals surface area contributed by atoms with Gasteiger partial charge in [0.05, 0.1) is 0 Å². The second-order valence-electron chi connectivity index (χ2n) is 7.40. The van der Waals surface area contributed by atoms with Gasteiger partial charge in [-0.15, -0.1) is 11.3 Å². The lowest BCUT2D eigenvalue weighted by Gasteiger charge is -2.22. The van der Waals surface area contributed by atoms with E-state index in [9.17, 15) is 4.79 Å². The number of rotatable bonds is 5.